The lowest BCUT2D eigenvalue weighted by atomic mass is 10.0. The minimum Gasteiger partial charge on any atom is -0.496 e. The number of fused-ring (bicyclic) bond motifs is 1. The van der Waals surface area contributed by atoms with Crippen molar-refractivity contribution in [2.45, 2.75) is 45.6 Å². The first-order valence-electron chi connectivity index (χ1n) is 12.8. The third-order valence-electron chi connectivity index (χ3n) is 6.91. The van der Waals surface area contributed by atoms with Crippen LogP contribution in [-0.4, -0.2) is 42.3 Å². The molecule has 0 amide bonds. The van der Waals surface area contributed by atoms with Crippen molar-refractivity contribution < 1.29 is 19.4 Å². The number of aromatic nitrogens is 5. The number of thiophene rings is 1. The van der Waals surface area contributed by atoms with E-state index in [4.69, 9.17) is 9.47 Å². The first kappa shape index (κ1) is 28.0. The number of hydrogen-bond acceptors (Lipinski definition) is 9. The number of hydrogen-bond donors (Lipinski definition) is 1. The summed E-state index contributed by atoms with van der Waals surface area (Å²) in [6.07, 6.45) is 1.85. The van der Waals surface area contributed by atoms with E-state index < -0.39 is 28.9 Å². The van der Waals surface area contributed by atoms with Gasteiger partial charge < -0.3 is 14.6 Å². The number of carbonyl (C=O) groups is 1. The molecule has 0 aliphatic heterocycles. The molecule has 212 valence electrons. The van der Waals surface area contributed by atoms with Gasteiger partial charge >= 0.3 is 11.7 Å². The zero-order valence-electron chi connectivity index (χ0n) is 23.0. The number of carbonyl (C=O) groups excluding carboxylic acids is 1. The van der Waals surface area contributed by atoms with Crippen LogP contribution in [0.2, 0.25) is 0 Å². The van der Waals surface area contributed by atoms with Gasteiger partial charge in [0.05, 0.1) is 31.4 Å². The fourth-order valence-corrected chi connectivity index (χ4v) is 5.92. The molecule has 1 N–H and O–H groups in total. The number of methoxy groups -OCH3 is 1. The van der Waals surface area contributed by atoms with Crippen molar-refractivity contribution in [2.75, 3.05) is 7.11 Å². The van der Waals surface area contributed by atoms with Gasteiger partial charge in [0.25, 0.3) is 5.56 Å². The van der Waals surface area contributed by atoms with Crippen LogP contribution in [-0.2, 0) is 28.2 Å². The van der Waals surface area contributed by atoms with E-state index in [9.17, 15) is 19.5 Å². The molecular weight excluding hydrogens is 546 g/mol. The number of aryl methyl sites for hydroxylation is 1. The summed E-state index contributed by atoms with van der Waals surface area (Å²) in [6.45, 7) is 4.43. The summed E-state index contributed by atoms with van der Waals surface area (Å²) in [4.78, 5) is 43.2. The maximum atomic E-state index is 14.1. The number of ether oxygens (including phenoxy) is 2. The third-order valence-corrected chi connectivity index (χ3v) is 8.19. The second-order valence-electron chi connectivity index (χ2n) is 9.94. The minimum atomic E-state index is -1.67. The predicted octanol–water partition coefficient (Wildman–Crippen LogP) is 3.33. The molecule has 5 aromatic rings. The van der Waals surface area contributed by atoms with Gasteiger partial charge in [-0.25, -0.2) is 14.2 Å². The lowest BCUT2D eigenvalue weighted by Crippen LogP contribution is -2.53. The molecule has 0 radical (unpaired) electrons. The van der Waals surface area contributed by atoms with Gasteiger partial charge in [-0.1, -0.05) is 59.9 Å². The van der Waals surface area contributed by atoms with Crippen LogP contribution in [0.25, 0.3) is 15.2 Å². The summed E-state index contributed by atoms with van der Waals surface area (Å²) in [5.41, 5.74) is -1.32. The van der Waals surface area contributed by atoms with E-state index in [1.807, 2.05) is 30.3 Å². The molecule has 5 rings (SSSR count). The topological polar surface area (TPSA) is 130 Å². The number of rotatable bonds is 9. The molecule has 0 saturated heterocycles. The Balaban J connectivity index is 1.67. The smallest absolute Gasteiger partial charge is 0.333 e. The number of esters is 1. The fourth-order valence-electron chi connectivity index (χ4n) is 4.70. The largest absolute Gasteiger partial charge is 0.496 e. The number of benzene rings is 2. The van der Waals surface area contributed by atoms with E-state index >= 15 is 0 Å². The molecule has 1 atom stereocenters. The van der Waals surface area contributed by atoms with Crippen molar-refractivity contribution in [2.24, 2.45) is 0 Å². The predicted molar refractivity (Wildman–Crippen MR) is 154 cm³/mol. The number of aliphatic hydroxyl groups is 1. The molecule has 3 heterocycles. The van der Waals surface area contributed by atoms with Crippen LogP contribution >= 0.6 is 11.3 Å². The average Bonchev–Trinajstić information content (AvgIpc) is 3.62. The highest BCUT2D eigenvalue weighted by Crippen LogP contribution is 2.33. The van der Waals surface area contributed by atoms with Crippen LogP contribution in [0.1, 0.15) is 36.6 Å². The van der Waals surface area contributed by atoms with Crippen molar-refractivity contribution in [3.8, 4) is 10.8 Å². The second-order valence-corrected chi connectivity index (χ2v) is 10.9. The Morgan fingerprint density at radius 2 is 1.71 bits per heavy atom. The lowest BCUT2D eigenvalue weighted by molar-refractivity contribution is -0.154. The van der Waals surface area contributed by atoms with Crippen molar-refractivity contribution in [3.63, 3.8) is 0 Å². The lowest BCUT2D eigenvalue weighted by Gasteiger charge is -2.26. The summed E-state index contributed by atoms with van der Waals surface area (Å²) >= 11 is 1.15. The monoisotopic (exact) mass is 575 g/mol. The highest BCUT2D eigenvalue weighted by molar-refractivity contribution is 7.21. The Labute approximate surface area is 238 Å². The van der Waals surface area contributed by atoms with Gasteiger partial charge in [-0.15, -0.1) is 4.80 Å². The molecule has 0 spiro atoms. The number of para-hydroxylation sites is 1. The molecule has 3 aromatic heterocycles. The van der Waals surface area contributed by atoms with Gasteiger partial charge in [0.2, 0.25) is 0 Å². The van der Waals surface area contributed by atoms with Crippen molar-refractivity contribution in [3.05, 3.63) is 105 Å². The van der Waals surface area contributed by atoms with Crippen LogP contribution in [0.15, 0.2) is 76.6 Å². The SMILES string of the molecule is COc1ccccc1[C@@H](O)Cn1c(=O)n(C(C)(C)C(=O)OCc2ccccc2)c(=O)c2c(C)c(-n3nccn3)sc21. The van der Waals surface area contributed by atoms with Crippen LogP contribution < -0.4 is 16.0 Å². The van der Waals surface area contributed by atoms with Gasteiger partial charge in [0.1, 0.15) is 33.8 Å². The number of aliphatic hydroxyl groups excluding tert-OH is 1. The van der Waals surface area contributed by atoms with Crippen LogP contribution in [0.3, 0.4) is 0 Å². The van der Waals surface area contributed by atoms with E-state index in [1.165, 1.54) is 42.7 Å². The zero-order chi connectivity index (χ0) is 29.3. The highest BCUT2D eigenvalue weighted by Gasteiger charge is 2.37. The molecule has 2 aromatic carbocycles. The van der Waals surface area contributed by atoms with Crippen molar-refractivity contribution in [1.29, 1.82) is 0 Å². The van der Waals surface area contributed by atoms with Crippen LogP contribution in [0.5, 0.6) is 5.75 Å². The van der Waals surface area contributed by atoms with Crippen molar-refractivity contribution in [1.82, 2.24) is 24.1 Å². The van der Waals surface area contributed by atoms with E-state index in [2.05, 4.69) is 10.2 Å². The summed E-state index contributed by atoms with van der Waals surface area (Å²) in [5.74, 6) is -0.301. The Morgan fingerprint density at radius 1 is 1.05 bits per heavy atom. The van der Waals surface area contributed by atoms with E-state index in [0.717, 1.165) is 21.5 Å². The molecule has 11 nitrogen and oxygen atoms in total. The standard InChI is InChI=1S/C29H29N5O6S/c1-18-23-24(36)33(29(2,3)27(37)40-17-19-10-6-5-7-11-19)28(38)32(26(23)41-25(18)34-30-14-15-31-34)16-21(35)20-12-8-9-13-22(20)39-4/h5-15,21,35H,16-17H2,1-4H3/t21-/m0/s1. The average molecular weight is 576 g/mol. The molecule has 12 heteroatoms. The summed E-state index contributed by atoms with van der Waals surface area (Å²) < 4.78 is 13.2. The first-order chi connectivity index (χ1) is 19.6. The third kappa shape index (κ3) is 5.07. The van der Waals surface area contributed by atoms with Crippen molar-refractivity contribution >= 4 is 27.5 Å². The Kier molecular flexibility index (Phi) is 7.61. The minimum absolute atomic E-state index is 0.0204. The molecule has 0 unspecified atom stereocenters. The fraction of sp³-hybridized carbons (Fsp3) is 0.276. The highest BCUT2D eigenvalue weighted by atomic mass is 32.1. The first-order valence-corrected chi connectivity index (χ1v) is 13.6. The van der Waals surface area contributed by atoms with Crippen LogP contribution in [0.4, 0.5) is 0 Å². The molecular formula is C29H29N5O6S. The van der Waals surface area contributed by atoms with Gasteiger partial charge in [-0.3, -0.25) is 9.36 Å². The molecule has 0 fully saturated rings. The van der Waals surface area contributed by atoms with E-state index in [1.54, 1.807) is 31.2 Å². The summed E-state index contributed by atoms with van der Waals surface area (Å²) in [6, 6.07) is 16.1. The molecule has 0 saturated carbocycles. The maximum absolute atomic E-state index is 14.1. The van der Waals surface area contributed by atoms with Crippen LogP contribution in [0, 0.1) is 6.92 Å². The molecule has 0 aliphatic carbocycles. The number of nitrogens with zero attached hydrogens (tertiary/aromatic N) is 5. The quantitative estimate of drug-likeness (QED) is 0.265. The van der Waals surface area contributed by atoms with Gasteiger partial charge in [-0.05, 0) is 32.4 Å². The molecule has 41 heavy (non-hydrogen) atoms. The Bertz CT molecular complexity index is 1820. The Hall–Kier alpha value is -4.55. The van der Waals surface area contributed by atoms with E-state index in [0.29, 0.717) is 26.7 Å². The maximum Gasteiger partial charge on any atom is 0.333 e. The summed E-state index contributed by atoms with van der Waals surface area (Å²) in [7, 11) is 1.49. The Morgan fingerprint density at radius 3 is 2.39 bits per heavy atom. The molecule has 0 aliphatic rings. The second kappa shape index (κ2) is 11.1. The van der Waals surface area contributed by atoms with Gasteiger partial charge in [0.15, 0.2) is 0 Å². The van der Waals surface area contributed by atoms with Gasteiger partial charge in [0, 0.05) is 11.1 Å². The normalized spacial score (nSPS) is 12.4. The summed E-state index contributed by atoms with van der Waals surface area (Å²) in [5, 5.41) is 20.4. The van der Waals surface area contributed by atoms with Gasteiger partial charge in [-0.2, -0.15) is 10.2 Å². The zero-order valence-corrected chi connectivity index (χ0v) is 23.8. The molecule has 0 bridgehead atoms. The van der Waals surface area contributed by atoms with E-state index in [-0.39, 0.29) is 18.5 Å².